The predicted octanol–water partition coefficient (Wildman–Crippen LogP) is 1.00. The van der Waals surface area contributed by atoms with Gasteiger partial charge in [-0.1, -0.05) is 12.8 Å². The van der Waals surface area contributed by atoms with Gasteiger partial charge in [-0.3, -0.25) is 0 Å². The van der Waals surface area contributed by atoms with Crippen molar-refractivity contribution in [2.45, 2.75) is 13.8 Å². The van der Waals surface area contributed by atoms with Gasteiger partial charge in [0, 0.05) is 0 Å². The van der Waals surface area contributed by atoms with Crippen molar-refractivity contribution in [2.24, 2.45) is 5.73 Å². The van der Waals surface area contributed by atoms with Crippen LogP contribution in [0.4, 0.5) is 10.7 Å². The van der Waals surface area contributed by atoms with Crippen LogP contribution in [0.25, 0.3) is 0 Å². The molecule has 2 amide bonds. The Morgan fingerprint density at radius 3 is 2.18 bits per heavy atom. The smallest absolute Gasteiger partial charge is 0.331 e. The molecule has 0 aliphatic carbocycles. The number of primary amides is 1. The number of urea groups is 1. The van der Waals surface area contributed by atoms with Crippen LogP contribution in [0.2, 0.25) is 0 Å². The van der Waals surface area contributed by atoms with Gasteiger partial charge in [-0.05, 0) is 13.8 Å². The van der Waals surface area contributed by atoms with E-state index in [-0.39, 0.29) is 5.95 Å². The number of amides is 2. The molecule has 1 heterocycles. The van der Waals surface area contributed by atoms with E-state index >= 15 is 0 Å². The minimum Gasteiger partial charge on any atom is -0.478 e. The largest absolute Gasteiger partial charge is 0.478 e. The fraction of sp³-hybridized carbons (Fsp3) is 0.444. The number of anilines is 1. The van der Waals surface area contributed by atoms with Crippen molar-refractivity contribution in [1.82, 2.24) is 9.97 Å². The van der Waals surface area contributed by atoms with Crippen LogP contribution < -0.4 is 19.5 Å². The Labute approximate surface area is 104 Å². The number of carbonyl (C=O) groups is 1. The second-order valence-electron chi connectivity index (χ2n) is 2.86. The lowest BCUT2D eigenvalue weighted by molar-refractivity contribution is 0.257. The molecule has 0 radical (unpaired) electrons. The number of rotatable bonds is 5. The second kappa shape index (κ2) is 6.14. The molecule has 8 heteroatoms. The third kappa shape index (κ3) is 3.66. The lowest BCUT2D eigenvalue weighted by Crippen LogP contribution is -2.28. The van der Waals surface area contributed by atoms with Crippen LogP contribution in [0.1, 0.15) is 13.8 Å². The van der Waals surface area contributed by atoms with E-state index in [1.807, 2.05) is 13.8 Å². The van der Waals surface area contributed by atoms with Gasteiger partial charge in [-0.25, -0.2) is 9.10 Å². The number of nitrogens with two attached hydrogens (primary N) is 1. The van der Waals surface area contributed by atoms with E-state index in [2.05, 4.69) is 22.8 Å². The van der Waals surface area contributed by atoms with Gasteiger partial charge < -0.3 is 15.2 Å². The first-order chi connectivity index (χ1) is 8.08. The van der Waals surface area contributed by atoms with Crippen LogP contribution in [0.15, 0.2) is 6.07 Å². The standard InChI is InChI=1S/C9H14N4O3S/c1-3-15-6-5-7(16-4-2)12-9(11-6)13(17)8(10)14/h5,17H,3-4H2,1-2H3,(H2,10,14). The second-order valence-corrected chi connectivity index (χ2v) is 3.26. The van der Waals surface area contributed by atoms with Gasteiger partial charge in [0.05, 0.1) is 19.3 Å². The van der Waals surface area contributed by atoms with E-state index in [1.54, 1.807) is 0 Å². The number of ether oxygens (including phenoxy) is 2. The molecule has 0 saturated carbocycles. The Morgan fingerprint density at radius 2 is 1.82 bits per heavy atom. The molecule has 0 unspecified atom stereocenters. The fourth-order valence-corrected chi connectivity index (χ4v) is 1.12. The molecule has 1 aromatic rings. The van der Waals surface area contributed by atoms with E-state index in [0.29, 0.717) is 25.0 Å². The number of hydrogen-bond acceptors (Lipinski definition) is 6. The molecule has 17 heavy (non-hydrogen) atoms. The molecular formula is C9H14N4O3S. The molecule has 0 saturated heterocycles. The Kier molecular flexibility index (Phi) is 4.83. The van der Waals surface area contributed by atoms with Gasteiger partial charge in [-0.15, -0.1) is 0 Å². The molecule has 0 bridgehead atoms. The maximum Gasteiger partial charge on any atom is 0.331 e. The molecule has 0 spiro atoms. The summed E-state index contributed by atoms with van der Waals surface area (Å²) in [6.45, 7) is 4.50. The average Bonchev–Trinajstić information content (AvgIpc) is 2.28. The van der Waals surface area contributed by atoms with Gasteiger partial charge >= 0.3 is 6.03 Å². The summed E-state index contributed by atoms with van der Waals surface area (Å²) in [6, 6.07) is 0.739. The lowest BCUT2D eigenvalue weighted by Gasteiger charge is -2.13. The summed E-state index contributed by atoms with van der Waals surface area (Å²) in [5, 5.41) is 0. The van der Waals surface area contributed by atoms with E-state index < -0.39 is 6.03 Å². The summed E-state index contributed by atoms with van der Waals surface area (Å²) >= 11 is 3.87. The van der Waals surface area contributed by atoms with Gasteiger partial charge in [0.2, 0.25) is 11.8 Å². The normalized spacial score (nSPS) is 9.82. The van der Waals surface area contributed by atoms with Crippen LogP contribution in [0, 0.1) is 0 Å². The summed E-state index contributed by atoms with van der Waals surface area (Å²) in [7, 11) is 0. The van der Waals surface area contributed by atoms with Gasteiger partial charge in [-0.2, -0.15) is 9.97 Å². The lowest BCUT2D eigenvalue weighted by atomic mass is 10.6. The van der Waals surface area contributed by atoms with Crippen molar-refractivity contribution >= 4 is 24.8 Å². The topological polar surface area (TPSA) is 90.6 Å². The highest BCUT2D eigenvalue weighted by atomic mass is 32.1. The van der Waals surface area contributed by atoms with Crippen molar-refractivity contribution in [2.75, 3.05) is 17.5 Å². The molecule has 1 rings (SSSR count). The summed E-state index contributed by atoms with van der Waals surface area (Å²) < 4.78 is 11.2. The highest BCUT2D eigenvalue weighted by Crippen LogP contribution is 2.21. The Hall–Kier alpha value is -1.70. The van der Waals surface area contributed by atoms with Crippen molar-refractivity contribution in [3.05, 3.63) is 6.07 Å². The number of thiol groups is 1. The first kappa shape index (κ1) is 13.4. The van der Waals surface area contributed by atoms with Crippen LogP contribution in [-0.2, 0) is 0 Å². The highest BCUT2D eigenvalue weighted by Gasteiger charge is 2.14. The van der Waals surface area contributed by atoms with Crippen molar-refractivity contribution in [3.63, 3.8) is 0 Å². The summed E-state index contributed by atoms with van der Waals surface area (Å²) in [6.07, 6.45) is 0. The quantitative estimate of drug-likeness (QED) is 0.769. The Morgan fingerprint density at radius 1 is 1.35 bits per heavy atom. The minimum absolute atomic E-state index is 0.00948. The third-order valence-electron chi connectivity index (χ3n) is 1.65. The maximum absolute atomic E-state index is 10.9. The number of hydrogen-bond donors (Lipinski definition) is 2. The van der Waals surface area contributed by atoms with Crippen LogP contribution in [0.5, 0.6) is 11.8 Å². The van der Waals surface area contributed by atoms with Crippen molar-refractivity contribution in [1.29, 1.82) is 0 Å². The molecule has 0 aromatic carbocycles. The summed E-state index contributed by atoms with van der Waals surface area (Å²) in [5.41, 5.74) is 5.07. The van der Waals surface area contributed by atoms with Crippen molar-refractivity contribution < 1.29 is 14.3 Å². The van der Waals surface area contributed by atoms with Gasteiger partial charge in [0.1, 0.15) is 0 Å². The molecule has 0 atom stereocenters. The average molecular weight is 258 g/mol. The zero-order valence-electron chi connectivity index (χ0n) is 9.58. The molecule has 7 nitrogen and oxygen atoms in total. The molecular weight excluding hydrogens is 244 g/mol. The number of carbonyl (C=O) groups excluding carboxylic acids is 1. The highest BCUT2D eigenvalue weighted by molar-refractivity contribution is 7.82. The third-order valence-corrected chi connectivity index (χ3v) is 2.03. The Bertz CT molecular complexity index is 378. The number of aromatic nitrogens is 2. The first-order valence-electron chi connectivity index (χ1n) is 5.01. The molecule has 1 aromatic heterocycles. The monoisotopic (exact) mass is 258 g/mol. The van der Waals surface area contributed by atoms with E-state index in [9.17, 15) is 4.79 Å². The van der Waals surface area contributed by atoms with Crippen LogP contribution >= 0.6 is 12.8 Å². The van der Waals surface area contributed by atoms with Crippen molar-refractivity contribution in [3.8, 4) is 11.8 Å². The Balaban J connectivity index is 3.06. The predicted molar refractivity (Wildman–Crippen MR) is 65.4 cm³/mol. The first-order valence-corrected chi connectivity index (χ1v) is 5.41. The van der Waals surface area contributed by atoms with E-state index in [1.165, 1.54) is 6.07 Å². The van der Waals surface area contributed by atoms with E-state index in [0.717, 1.165) is 4.31 Å². The minimum atomic E-state index is -0.788. The van der Waals surface area contributed by atoms with E-state index in [4.69, 9.17) is 15.2 Å². The molecule has 0 aliphatic heterocycles. The zero-order valence-corrected chi connectivity index (χ0v) is 10.5. The maximum atomic E-state index is 10.9. The van der Waals surface area contributed by atoms with Crippen LogP contribution in [-0.4, -0.2) is 29.2 Å². The summed E-state index contributed by atoms with van der Waals surface area (Å²) in [5.74, 6) is 0.595. The molecule has 0 fully saturated rings. The molecule has 94 valence electrons. The van der Waals surface area contributed by atoms with Crippen LogP contribution in [0.3, 0.4) is 0 Å². The van der Waals surface area contributed by atoms with Gasteiger partial charge in [0.15, 0.2) is 0 Å². The molecule has 0 aliphatic rings. The molecule has 2 N–H and O–H groups in total. The number of nitrogens with zero attached hydrogens (tertiary/aromatic N) is 3. The zero-order chi connectivity index (χ0) is 12.8. The van der Waals surface area contributed by atoms with Gasteiger partial charge in [0.25, 0.3) is 5.95 Å². The summed E-state index contributed by atoms with van der Waals surface area (Å²) in [4.78, 5) is 18.9. The fourth-order valence-electron chi connectivity index (χ4n) is 1.03. The SMILES string of the molecule is CCOc1cc(OCC)nc(N(S)C(N)=O)n1.